The normalized spacial score (nSPS) is 15.9. The Morgan fingerprint density at radius 1 is 0.926 bits per heavy atom. The van der Waals surface area contributed by atoms with Gasteiger partial charge in [0.25, 0.3) is 6.01 Å². The maximum absolute atomic E-state index is 13.3. The third-order valence-corrected chi connectivity index (χ3v) is 4.86. The Morgan fingerprint density at radius 3 is 2.48 bits per heavy atom. The standard InChI is InChI=1S/C19H16F2N4O2/c20-12-1-3-14-16(23-27-17(14)9-12)11-24-5-7-25(8-6-24)19-22-15-4-2-13(21)10-18(15)26-19/h1-4,9-10H,5-8,11H2. The lowest BCUT2D eigenvalue weighted by molar-refractivity contribution is 0.239. The minimum atomic E-state index is -0.338. The van der Waals surface area contributed by atoms with Gasteiger partial charge in [0.2, 0.25) is 0 Å². The van der Waals surface area contributed by atoms with Gasteiger partial charge in [-0.2, -0.15) is 4.98 Å². The zero-order valence-corrected chi connectivity index (χ0v) is 14.4. The molecule has 1 fully saturated rings. The van der Waals surface area contributed by atoms with Crippen molar-refractivity contribution >= 4 is 28.1 Å². The smallest absolute Gasteiger partial charge is 0.298 e. The van der Waals surface area contributed by atoms with Crippen molar-refractivity contribution in [1.29, 1.82) is 0 Å². The number of piperazine rings is 1. The third-order valence-electron chi connectivity index (χ3n) is 4.86. The fourth-order valence-corrected chi connectivity index (χ4v) is 3.41. The summed E-state index contributed by atoms with van der Waals surface area (Å²) in [7, 11) is 0. The van der Waals surface area contributed by atoms with Gasteiger partial charge in [0.1, 0.15) is 22.8 Å². The highest BCUT2D eigenvalue weighted by Crippen LogP contribution is 2.25. The van der Waals surface area contributed by atoms with Crippen LogP contribution in [0.15, 0.2) is 45.3 Å². The zero-order valence-electron chi connectivity index (χ0n) is 14.4. The Morgan fingerprint density at radius 2 is 1.67 bits per heavy atom. The Kier molecular flexibility index (Phi) is 3.78. The summed E-state index contributed by atoms with van der Waals surface area (Å²) >= 11 is 0. The van der Waals surface area contributed by atoms with Gasteiger partial charge in [0.15, 0.2) is 11.2 Å². The van der Waals surface area contributed by atoms with Crippen LogP contribution in [0.2, 0.25) is 0 Å². The fraction of sp³-hybridized carbons (Fsp3) is 0.263. The predicted octanol–water partition coefficient (Wildman–Crippen LogP) is 3.57. The number of benzene rings is 2. The van der Waals surface area contributed by atoms with Crippen molar-refractivity contribution < 1.29 is 17.7 Å². The van der Waals surface area contributed by atoms with E-state index in [1.165, 1.54) is 24.3 Å². The first kappa shape index (κ1) is 16.2. The Labute approximate surface area is 153 Å². The predicted molar refractivity (Wildman–Crippen MR) is 95.4 cm³/mol. The minimum Gasteiger partial charge on any atom is -0.423 e. The zero-order chi connectivity index (χ0) is 18.4. The van der Waals surface area contributed by atoms with E-state index in [1.54, 1.807) is 12.1 Å². The lowest BCUT2D eigenvalue weighted by atomic mass is 10.2. The first-order valence-electron chi connectivity index (χ1n) is 8.73. The van der Waals surface area contributed by atoms with Gasteiger partial charge in [-0.15, -0.1) is 0 Å². The average molecular weight is 370 g/mol. The van der Waals surface area contributed by atoms with Crippen LogP contribution in [-0.4, -0.2) is 41.2 Å². The Bertz CT molecular complexity index is 1120. The molecule has 4 aromatic rings. The number of anilines is 1. The van der Waals surface area contributed by atoms with Crippen molar-refractivity contribution in [3.8, 4) is 0 Å². The molecule has 0 amide bonds. The van der Waals surface area contributed by atoms with Gasteiger partial charge < -0.3 is 13.8 Å². The first-order chi connectivity index (χ1) is 13.2. The highest BCUT2D eigenvalue weighted by Gasteiger charge is 2.22. The van der Waals surface area contributed by atoms with Crippen LogP contribution in [0.25, 0.3) is 22.1 Å². The van der Waals surface area contributed by atoms with E-state index in [0.717, 1.165) is 37.3 Å². The van der Waals surface area contributed by atoms with Crippen LogP contribution in [0.1, 0.15) is 5.69 Å². The van der Waals surface area contributed by atoms with Gasteiger partial charge in [0.05, 0.1) is 0 Å². The van der Waals surface area contributed by atoms with E-state index in [1.807, 2.05) is 4.90 Å². The molecule has 6 nitrogen and oxygen atoms in total. The summed E-state index contributed by atoms with van der Waals surface area (Å²) in [6.45, 7) is 3.69. The molecule has 2 aromatic carbocycles. The number of halogens is 2. The summed E-state index contributed by atoms with van der Waals surface area (Å²) < 4.78 is 37.5. The van der Waals surface area contributed by atoms with Crippen LogP contribution in [0, 0.1) is 11.6 Å². The molecule has 138 valence electrons. The molecule has 27 heavy (non-hydrogen) atoms. The molecule has 5 rings (SSSR count). The first-order valence-corrected chi connectivity index (χ1v) is 8.73. The molecule has 0 atom stereocenters. The molecular weight excluding hydrogens is 354 g/mol. The quantitative estimate of drug-likeness (QED) is 0.550. The average Bonchev–Trinajstić information content (AvgIpc) is 3.26. The van der Waals surface area contributed by atoms with Gasteiger partial charge in [-0.25, -0.2) is 8.78 Å². The molecule has 0 N–H and O–H groups in total. The van der Waals surface area contributed by atoms with Gasteiger partial charge in [0, 0.05) is 50.2 Å². The molecule has 1 saturated heterocycles. The molecule has 1 aliphatic rings. The summed E-state index contributed by atoms with van der Waals surface area (Å²) in [5.41, 5.74) is 2.36. The molecule has 1 aliphatic heterocycles. The van der Waals surface area contributed by atoms with Crippen LogP contribution in [0.3, 0.4) is 0 Å². The van der Waals surface area contributed by atoms with Crippen LogP contribution in [0.5, 0.6) is 0 Å². The maximum atomic E-state index is 13.3. The Balaban J connectivity index is 1.27. The van der Waals surface area contributed by atoms with E-state index in [9.17, 15) is 8.78 Å². The molecule has 0 saturated carbocycles. The second-order valence-corrected chi connectivity index (χ2v) is 6.64. The highest BCUT2D eigenvalue weighted by atomic mass is 19.1. The molecule has 8 heteroatoms. The van der Waals surface area contributed by atoms with Gasteiger partial charge in [-0.3, -0.25) is 4.90 Å². The van der Waals surface area contributed by atoms with Crippen molar-refractivity contribution in [3.05, 3.63) is 53.7 Å². The topological polar surface area (TPSA) is 58.5 Å². The van der Waals surface area contributed by atoms with E-state index in [0.29, 0.717) is 29.2 Å². The number of fused-ring (bicyclic) bond motifs is 2. The summed E-state index contributed by atoms with van der Waals surface area (Å²) in [6.07, 6.45) is 0. The second-order valence-electron chi connectivity index (χ2n) is 6.64. The SMILES string of the molecule is Fc1ccc2nc(N3CCN(Cc4noc5cc(F)ccc45)CC3)oc2c1. The maximum Gasteiger partial charge on any atom is 0.298 e. The van der Waals surface area contributed by atoms with E-state index in [-0.39, 0.29) is 11.6 Å². The monoisotopic (exact) mass is 370 g/mol. The highest BCUT2D eigenvalue weighted by molar-refractivity contribution is 5.79. The van der Waals surface area contributed by atoms with Crippen molar-refractivity contribution in [2.45, 2.75) is 6.54 Å². The van der Waals surface area contributed by atoms with Gasteiger partial charge in [-0.05, 0) is 24.3 Å². The summed E-state index contributed by atoms with van der Waals surface area (Å²) in [5.74, 6) is -0.674. The molecule has 0 spiro atoms. The minimum absolute atomic E-state index is 0.336. The summed E-state index contributed by atoms with van der Waals surface area (Å²) in [4.78, 5) is 8.73. The number of rotatable bonds is 3. The van der Waals surface area contributed by atoms with Gasteiger partial charge in [-0.1, -0.05) is 5.16 Å². The fourth-order valence-electron chi connectivity index (χ4n) is 3.41. The lowest BCUT2D eigenvalue weighted by Crippen LogP contribution is -2.46. The molecule has 0 radical (unpaired) electrons. The molecule has 2 aromatic heterocycles. The molecule has 0 bridgehead atoms. The second kappa shape index (κ2) is 6.31. The molecular formula is C19H16F2N4O2. The van der Waals surface area contributed by atoms with E-state index < -0.39 is 0 Å². The van der Waals surface area contributed by atoms with Crippen molar-refractivity contribution in [3.63, 3.8) is 0 Å². The molecule has 0 unspecified atom stereocenters. The molecule has 3 heterocycles. The van der Waals surface area contributed by atoms with E-state index in [4.69, 9.17) is 8.94 Å². The van der Waals surface area contributed by atoms with Gasteiger partial charge >= 0.3 is 0 Å². The van der Waals surface area contributed by atoms with Crippen molar-refractivity contribution in [2.75, 3.05) is 31.1 Å². The molecule has 0 aliphatic carbocycles. The lowest BCUT2D eigenvalue weighted by Gasteiger charge is -2.33. The van der Waals surface area contributed by atoms with Crippen molar-refractivity contribution in [2.24, 2.45) is 0 Å². The number of aromatic nitrogens is 2. The van der Waals surface area contributed by atoms with E-state index >= 15 is 0 Å². The van der Waals surface area contributed by atoms with E-state index in [2.05, 4.69) is 15.0 Å². The van der Waals surface area contributed by atoms with Crippen LogP contribution < -0.4 is 4.90 Å². The number of nitrogens with zero attached hydrogens (tertiary/aromatic N) is 4. The summed E-state index contributed by atoms with van der Waals surface area (Å²) in [5, 5.41) is 4.91. The number of hydrogen-bond acceptors (Lipinski definition) is 6. The van der Waals surface area contributed by atoms with Crippen LogP contribution in [0.4, 0.5) is 14.8 Å². The summed E-state index contributed by atoms with van der Waals surface area (Å²) in [6, 6.07) is 9.31. The van der Waals surface area contributed by atoms with Crippen molar-refractivity contribution in [1.82, 2.24) is 15.0 Å². The largest absolute Gasteiger partial charge is 0.423 e. The number of oxazole rings is 1. The number of hydrogen-bond donors (Lipinski definition) is 0. The van der Waals surface area contributed by atoms with Crippen LogP contribution >= 0.6 is 0 Å². The third kappa shape index (κ3) is 3.02. The Hall–Kier alpha value is -3.00. The van der Waals surface area contributed by atoms with Crippen LogP contribution in [-0.2, 0) is 6.54 Å².